The zero-order valence-electron chi connectivity index (χ0n) is 11.4. The zero-order chi connectivity index (χ0) is 13.8. The van der Waals surface area contributed by atoms with Crippen LogP contribution in [0.25, 0.3) is 0 Å². The maximum atomic E-state index is 6.08. The Morgan fingerprint density at radius 1 is 1.20 bits per heavy atom. The predicted octanol–water partition coefficient (Wildman–Crippen LogP) is 3.64. The van der Waals surface area contributed by atoms with Gasteiger partial charge in [-0.2, -0.15) is 0 Å². The minimum atomic E-state index is 0.155. The first-order valence-electron chi connectivity index (χ1n) is 7.08. The summed E-state index contributed by atoms with van der Waals surface area (Å²) in [6.07, 6.45) is 7.38. The van der Waals surface area contributed by atoms with Crippen LogP contribution in [0.5, 0.6) is 0 Å². The standard InChI is InChI=1S/C16H19ClN2S/c17-13-5-7-14(8-6-13)20-16-4-2-1-3-15(16)19-11-9-18-10-12-19/h1-5,7-8,13,18H,6,9-12H2. The Morgan fingerprint density at radius 3 is 2.75 bits per heavy atom. The van der Waals surface area contributed by atoms with Gasteiger partial charge in [0.25, 0.3) is 0 Å². The van der Waals surface area contributed by atoms with Crippen molar-refractivity contribution in [2.75, 3.05) is 31.1 Å². The van der Waals surface area contributed by atoms with E-state index < -0.39 is 0 Å². The van der Waals surface area contributed by atoms with Crippen LogP contribution < -0.4 is 10.2 Å². The van der Waals surface area contributed by atoms with Gasteiger partial charge in [-0.1, -0.05) is 42.1 Å². The third-order valence-electron chi connectivity index (χ3n) is 3.56. The lowest BCUT2D eigenvalue weighted by atomic mass is 10.2. The van der Waals surface area contributed by atoms with Crippen LogP contribution in [-0.2, 0) is 0 Å². The van der Waals surface area contributed by atoms with Crippen molar-refractivity contribution in [3.8, 4) is 0 Å². The zero-order valence-corrected chi connectivity index (χ0v) is 13.0. The maximum absolute atomic E-state index is 6.08. The van der Waals surface area contributed by atoms with Crippen LogP contribution in [0, 0.1) is 0 Å². The minimum absolute atomic E-state index is 0.155. The Hall–Kier alpha value is -0.900. The molecule has 0 radical (unpaired) electrons. The van der Waals surface area contributed by atoms with Crippen molar-refractivity contribution in [3.05, 3.63) is 47.4 Å². The average Bonchev–Trinajstić information content (AvgIpc) is 2.51. The first-order valence-corrected chi connectivity index (χ1v) is 8.33. The molecule has 0 amide bonds. The highest BCUT2D eigenvalue weighted by Crippen LogP contribution is 2.37. The second kappa shape index (κ2) is 6.70. The van der Waals surface area contributed by atoms with E-state index in [9.17, 15) is 0 Å². The Morgan fingerprint density at radius 2 is 2.00 bits per heavy atom. The molecule has 1 aromatic carbocycles. The Balaban J connectivity index is 1.77. The molecule has 1 fully saturated rings. The van der Waals surface area contributed by atoms with Crippen molar-refractivity contribution in [1.82, 2.24) is 5.32 Å². The molecule has 1 unspecified atom stereocenters. The maximum Gasteiger partial charge on any atom is 0.0554 e. The first-order chi connectivity index (χ1) is 9.83. The highest BCUT2D eigenvalue weighted by Gasteiger charge is 2.15. The van der Waals surface area contributed by atoms with Gasteiger partial charge in [0.2, 0.25) is 0 Å². The highest BCUT2D eigenvalue weighted by molar-refractivity contribution is 8.03. The second-order valence-corrected chi connectivity index (χ2v) is 6.70. The van der Waals surface area contributed by atoms with Gasteiger partial charge in [-0.05, 0) is 18.6 Å². The fraction of sp³-hybridized carbons (Fsp3) is 0.375. The van der Waals surface area contributed by atoms with Gasteiger partial charge in [-0.15, -0.1) is 11.6 Å². The molecule has 3 rings (SSSR count). The molecule has 20 heavy (non-hydrogen) atoms. The van der Waals surface area contributed by atoms with Crippen LogP contribution in [0.2, 0.25) is 0 Å². The van der Waals surface area contributed by atoms with Gasteiger partial charge < -0.3 is 10.2 Å². The quantitative estimate of drug-likeness (QED) is 0.858. The molecule has 1 aliphatic heterocycles. The van der Waals surface area contributed by atoms with Crippen molar-refractivity contribution in [1.29, 1.82) is 0 Å². The number of alkyl halides is 1. The van der Waals surface area contributed by atoms with Crippen LogP contribution >= 0.6 is 23.4 Å². The summed E-state index contributed by atoms with van der Waals surface area (Å²) in [6, 6.07) is 8.68. The molecular weight excluding hydrogens is 288 g/mol. The van der Waals surface area contributed by atoms with Gasteiger partial charge in [0, 0.05) is 36.0 Å². The Labute approximate surface area is 129 Å². The number of rotatable bonds is 3. The third kappa shape index (κ3) is 3.40. The number of allylic oxidation sites excluding steroid dienone is 3. The molecule has 0 saturated carbocycles. The van der Waals surface area contributed by atoms with Crippen molar-refractivity contribution in [2.24, 2.45) is 0 Å². The van der Waals surface area contributed by atoms with Crippen molar-refractivity contribution in [2.45, 2.75) is 16.7 Å². The van der Waals surface area contributed by atoms with E-state index in [4.69, 9.17) is 11.6 Å². The lowest BCUT2D eigenvalue weighted by molar-refractivity contribution is 0.587. The molecule has 1 atom stereocenters. The first kappa shape index (κ1) is 14.1. The number of hydrogen-bond acceptors (Lipinski definition) is 3. The number of benzene rings is 1. The van der Waals surface area contributed by atoms with Crippen LogP contribution in [0.15, 0.2) is 52.3 Å². The molecule has 1 N–H and O–H groups in total. The lowest BCUT2D eigenvalue weighted by Gasteiger charge is -2.31. The van der Waals surface area contributed by atoms with Gasteiger partial charge >= 0.3 is 0 Å². The number of hydrogen-bond donors (Lipinski definition) is 1. The monoisotopic (exact) mass is 306 g/mol. The van der Waals surface area contributed by atoms with Crippen molar-refractivity contribution >= 4 is 29.1 Å². The highest BCUT2D eigenvalue weighted by atomic mass is 35.5. The fourth-order valence-corrected chi connectivity index (χ4v) is 3.68. The summed E-state index contributed by atoms with van der Waals surface area (Å²) in [5.74, 6) is 0. The van der Waals surface area contributed by atoms with E-state index in [1.807, 2.05) is 11.8 Å². The third-order valence-corrected chi connectivity index (χ3v) is 4.99. The number of piperazine rings is 1. The molecule has 1 saturated heterocycles. The molecule has 2 nitrogen and oxygen atoms in total. The molecule has 0 aromatic heterocycles. The van der Waals surface area contributed by atoms with E-state index in [0.29, 0.717) is 0 Å². The van der Waals surface area contributed by atoms with E-state index in [-0.39, 0.29) is 5.38 Å². The fourth-order valence-electron chi connectivity index (χ4n) is 2.49. The van der Waals surface area contributed by atoms with E-state index in [1.54, 1.807) is 0 Å². The molecule has 1 aliphatic carbocycles. The Bertz CT molecular complexity index is 521. The average molecular weight is 307 g/mol. The van der Waals surface area contributed by atoms with Gasteiger partial charge in [0.15, 0.2) is 0 Å². The molecule has 1 heterocycles. The predicted molar refractivity (Wildman–Crippen MR) is 88.9 cm³/mol. The van der Waals surface area contributed by atoms with Crippen LogP contribution in [0.1, 0.15) is 6.42 Å². The van der Waals surface area contributed by atoms with Crippen LogP contribution in [-0.4, -0.2) is 31.6 Å². The van der Waals surface area contributed by atoms with Crippen molar-refractivity contribution < 1.29 is 0 Å². The summed E-state index contributed by atoms with van der Waals surface area (Å²) in [5.41, 5.74) is 1.35. The summed E-state index contributed by atoms with van der Waals surface area (Å²) in [4.78, 5) is 5.10. The molecule has 4 heteroatoms. The number of thioether (sulfide) groups is 1. The van der Waals surface area contributed by atoms with Gasteiger partial charge in [-0.3, -0.25) is 0 Å². The van der Waals surface area contributed by atoms with Gasteiger partial charge in [0.1, 0.15) is 0 Å². The SMILES string of the molecule is ClC1C=CC(Sc2ccccc2N2CCNCC2)=CC1. The lowest BCUT2D eigenvalue weighted by Crippen LogP contribution is -2.43. The molecule has 2 aliphatic rings. The van der Waals surface area contributed by atoms with E-state index in [2.05, 4.69) is 52.7 Å². The summed E-state index contributed by atoms with van der Waals surface area (Å²) < 4.78 is 0. The van der Waals surface area contributed by atoms with Crippen LogP contribution in [0.4, 0.5) is 5.69 Å². The smallest absolute Gasteiger partial charge is 0.0554 e. The normalized spacial score (nSPS) is 22.8. The Kier molecular flexibility index (Phi) is 4.71. The number of nitrogens with zero attached hydrogens (tertiary/aromatic N) is 1. The minimum Gasteiger partial charge on any atom is -0.368 e. The van der Waals surface area contributed by atoms with E-state index in [0.717, 1.165) is 32.6 Å². The molecule has 106 valence electrons. The van der Waals surface area contributed by atoms with E-state index in [1.165, 1.54) is 15.5 Å². The summed E-state index contributed by atoms with van der Waals surface area (Å²) >= 11 is 7.92. The van der Waals surface area contributed by atoms with Gasteiger partial charge in [0.05, 0.1) is 11.1 Å². The van der Waals surface area contributed by atoms with E-state index >= 15 is 0 Å². The molecular formula is C16H19ClN2S. The number of halogens is 1. The van der Waals surface area contributed by atoms with Crippen LogP contribution in [0.3, 0.4) is 0 Å². The largest absolute Gasteiger partial charge is 0.368 e. The molecule has 1 aromatic rings. The molecule has 0 bridgehead atoms. The number of anilines is 1. The van der Waals surface area contributed by atoms with Gasteiger partial charge in [-0.25, -0.2) is 0 Å². The number of nitrogens with one attached hydrogen (secondary N) is 1. The topological polar surface area (TPSA) is 15.3 Å². The summed E-state index contributed by atoms with van der Waals surface area (Å²) in [7, 11) is 0. The molecule has 0 spiro atoms. The van der Waals surface area contributed by atoms with Crippen molar-refractivity contribution in [3.63, 3.8) is 0 Å². The summed E-state index contributed by atoms with van der Waals surface area (Å²) in [5, 5.41) is 3.56. The summed E-state index contributed by atoms with van der Waals surface area (Å²) in [6.45, 7) is 4.29. The number of para-hydroxylation sites is 1. The second-order valence-electron chi connectivity index (χ2n) is 5.02.